The van der Waals surface area contributed by atoms with Crippen molar-refractivity contribution < 1.29 is 9.53 Å². The zero-order valence-electron chi connectivity index (χ0n) is 17.9. The van der Waals surface area contributed by atoms with E-state index in [-0.39, 0.29) is 5.91 Å². The van der Waals surface area contributed by atoms with Crippen LogP contribution in [0.2, 0.25) is 0 Å². The molecule has 2 saturated heterocycles. The van der Waals surface area contributed by atoms with Crippen LogP contribution in [0.5, 0.6) is 0 Å². The fourth-order valence-corrected chi connectivity index (χ4v) is 5.01. The Morgan fingerprint density at radius 1 is 1.30 bits per heavy atom. The SMILES string of the molecule is COCCCN(C[C@@H]1CCCN2CCCC[C@H]12)C(=O)c1cc(-c2cccnc2)n[nH]1. The van der Waals surface area contributed by atoms with Gasteiger partial charge in [-0.1, -0.05) is 6.42 Å². The third kappa shape index (κ3) is 4.90. The summed E-state index contributed by atoms with van der Waals surface area (Å²) in [6, 6.07) is 6.30. The van der Waals surface area contributed by atoms with E-state index in [0.29, 0.717) is 30.8 Å². The Labute approximate surface area is 178 Å². The molecule has 2 atom stereocenters. The molecule has 2 aliphatic rings. The molecule has 0 aromatic carbocycles. The van der Waals surface area contributed by atoms with Gasteiger partial charge < -0.3 is 14.5 Å². The summed E-state index contributed by atoms with van der Waals surface area (Å²) in [6.07, 6.45) is 10.7. The second kappa shape index (κ2) is 10.2. The monoisotopic (exact) mass is 411 g/mol. The minimum Gasteiger partial charge on any atom is -0.385 e. The average molecular weight is 412 g/mol. The average Bonchev–Trinajstić information content (AvgIpc) is 3.29. The summed E-state index contributed by atoms with van der Waals surface area (Å²) in [7, 11) is 1.71. The van der Waals surface area contributed by atoms with E-state index in [0.717, 1.165) is 24.2 Å². The van der Waals surface area contributed by atoms with Gasteiger partial charge in [-0.2, -0.15) is 5.10 Å². The summed E-state index contributed by atoms with van der Waals surface area (Å²) in [5.74, 6) is 0.577. The number of carbonyl (C=O) groups is 1. The molecule has 1 N–H and O–H groups in total. The standard InChI is InChI=1S/C23H33N5O2/c1-30-14-6-13-28(17-19-8-5-12-27-11-3-2-9-22(19)27)23(29)21-15-20(25-26-21)18-7-4-10-24-16-18/h4,7,10,15-16,19,22H,2-3,5-6,8-9,11-14,17H2,1H3,(H,25,26)/t19-,22+/m0/s1. The van der Waals surface area contributed by atoms with E-state index < -0.39 is 0 Å². The first-order valence-corrected chi connectivity index (χ1v) is 11.2. The van der Waals surface area contributed by atoms with E-state index in [9.17, 15) is 4.79 Å². The van der Waals surface area contributed by atoms with Gasteiger partial charge in [0, 0.05) is 50.8 Å². The number of nitrogens with one attached hydrogen (secondary N) is 1. The number of aromatic amines is 1. The molecule has 2 fully saturated rings. The van der Waals surface area contributed by atoms with Crippen molar-refractivity contribution in [3.63, 3.8) is 0 Å². The van der Waals surface area contributed by atoms with Crippen LogP contribution in [0.3, 0.4) is 0 Å². The first-order chi connectivity index (χ1) is 14.8. The van der Waals surface area contributed by atoms with Crippen molar-refractivity contribution in [3.8, 4) is 11.3 Å². The maximum absolute atomic E-state index is 13.4. The van der Waals surface area contributed by atoms with E-state index >= 15 is 0 Å². The molecule has 4 heterocycles. The molecule has 30 heavy (non-hydrogen) atoms. The zero-order chi connectivity index (χ0) is 20.8. The Balaban J connectivity index is 1.48. The summed E-state index contributed by atoms with van der Waals surface area (Å²) in [5.41, 5.74) is 2.20. The number of methoxy groups -OCH3 is 1. The van der Waals surface area contributed by atoms with Crippen LogP contribution in [0.4, 0.5) is 0 Å². The van der Waals surface area contributed by atoms with Crippen LogP contribution in [-0.4, -0.2) is 76.8 Å². The Kier molecular flexibility index (Phi) is 7.12. The Bertz CT molecular complexity index is 807. The van der Waals surface area contributed by atoms with Gasteiger partial charge in [-0.15, -0.1) is 0 Å². The number of hydrogen-bond acceptors (Lipinski definition) is 5. The topological polar surface area (TPSA) is 74.3 Å². The number of carbonyl (C=O) groups excluding carboxylic acids is 1. The van der Waals surface area contributed by atoms with Gasteiger partial charge in [0.05, 0.1) is 5.69 Å². The minimum absolute atomic E-state index is 0.0293. The predicted molar refractivity (Wildman–Crippen MR) is 116 cm³/mol. The first kappa shape index (κ1) is 21.0. The first-order valence-electron chi connectivity index (χ1n) is 11.2. The van der Waals surface area contributed by atoms with E-state index in [1.54, 1.807) is 19.5 Å². The number of piperidine rings is 2. The van der Waals surface area contributed by atoms with Gasteiger partial charge in [-0.3, -0.25) is 14.9 Å². The molecule has 1 amide bonds. The van der Waals surface area contributed by atoms with E-state index in [1.165, 1.54) is 45.2 Å². The molecule has 2 aromatic heterocycles. The number of aromatic nitrogens is 3. The predicted octanol–water partition coefficient (Wildman–Crippen LogP) is 3.21. The van der Waals surface area contributed by atoms with Crippen molar-refractivity contribution in [2.24, 2.45) is 5.92 Å². The molecule has 0 unspecified atom stereocenters. The number of pyridine rings is 1. The summed E-state index contributed by atoms with van der Waals surface area (Å²) >= 11 is 0. The van der Waals surface area contributed by atoms with Gasteiger partial charge in [-0.05, 0) is 69.3 Å². The number of fused-ring (bicyclic) bond motifs is 1. The molecule has 7 heteroatoms. The smallest absolute Gasteiger partial charge is 0.271 e. The fraction of sp³-hybridized carbons (Fsp3) is 0.609. The van der Waals surface area contributed by atoms with Crippen molar-refractivity contribution in [1.29, 1.82) is 0 Å². The van der Waals surface area contributed by atoms with Crippen LogP contribution in [0.25, 0.3) is 11.3 Å². The number of hydrogen-bond donors (Lipinski definition) is 1. The van der Waals surface area contributed by atoms with Crippen LogP contribution in [0.1, 0.15) is 49.0 Å². The molecule has 0 spiro atoms. The third-order valence-corrected chi connectivity index (χ3v) is 6.51. The van der Waals surface area contributed by atoms with Crippen LogP contribution in [0, 0.1) is 5.92 Å². The summed E-state index contributed by atoms with van der Waals surface area (Å²) in [4.78, 5) is 22.2. The van der Waals surface area contributed by atoms with Gasteiger partial charge in [-0.25, -0.2) is 0 Å². The maximum Gasteiger partial charge on any atom is 0.271 e. The zero-order valence-corrected chi connectivity index (χ0v) is 17.9. The van der Waals surface area contributed by atoms with Gasteiger partial charge in [0.1, 0.15) is 5.69 Å². The lowest BCUT2D eigenvalue weighted by atomic mass is 9.83. The van der Waals surface area contributed by atoms with Gasteiger partial charge in [0.15, 0.2) is 0 Å². The van der Waals surface area contributed by atoms with Crippen molar-refractivity contribution in [3.05, 3.63) is 36.3 Å². The second-order valence-electron chi connectivity index (χ2n) is 8.51. The number of rotatable bonds is 8. The van der Waals surface area contributed by atoms with Crippen LogP contribution in [-0.2, 0) is 4.74 Å². The van der Waals surface area contributed by atoms with E-state index in [2.05, 4.69) is 20.1 Å². The highest BCUT2D eigenvalue weighted by molar-refractivity contribution is 5.93. The lowest BCUT2D eigenvalue weighted by Crippen LogP contribution is -2.51. The maximum atomic E-state index is 13.4. The molecule has 2 aliphatic heterocycles. The molecule has 7 nitrogen and oxygen atoms in total. The normalized spacial score (nSPS) is 21.9. The van der Waals surface area contributed by atoms with Gasteiger partial charge in [0.25, 0.3) is 5.91 Å². The van der Waals surface area contributed by atoms with E-state index in [1.807, 2.05) is 23.1 Å². The van der Waals surface area contributed by atoms with Crippen LogP contribution in [0.15, 0.2) is 30.6 Å². The van der Waals surface area contributed by atoms with E-state index in [4.69, 9.17) is 4.74 Å². The molecule has 4 rings (SSSR count). The third-order valence-electron chi connectivity index (χ3n) is 6.51. The molecule has 2 aromatic rings. The largest absolute Gasteiger partial charge is 0.385 e. The fourth-order valence-electron chi connectivity index (χ4n) is 5.01. The summed E-state index contributed by atoms with van der Waals surface area (Å²) < 4.78 is 5.24. The number of nitrogens with zero attached hydrogens (tertiary/aromatic N) is 4. The number of H-pyrrole nitrogens is 1. The van der Waals surface area contributed by atoms with Crippen molar-refractivity contribution in [2.45, 2.75) is 44.6 Å². The lowest BCUT2D eigenvalue weighted by molar-refractivity contribution is 0.0344. The van der Waals surface area contributed by atoms with Gasteiger partial charge >= 0.3 is 0 Å². The van der Waals surface area contributed by atoms with Crippen molar-refractivity contribution in [2.75, 3.05) is 39.9 Å². The Morgan fingerprint density at radius 2 is 2.20 bits per heavy atom. The summed E-state index contributed by atoms with van der Waals surface area (Å²) in [6.45, 7) is 4.61. The molecule has 162 valence electrons. The van der Waals surface area contributed by atoms with Crippen LogP contribution >= 0.6 is 0 Å². The lowest BCUT2D eigenvalue weighted by Gasteiger charge is -2.45. The molecule has 0 radical (unpaired) electrons. The highest BCUT2D eigenvalue weighted by atomic mass is 16.5. The quantitative estimate of drug-likeness (QED) is 0.675. The Morgan fingerprint density at radius 3 is 3.03 bits per heavy atom. The van der Waals surface area contributed by atoms with Crippen molar-refractivity contribution in [1.82, 2.24) is 25.0 Å². The minimum atomic E-state index is 0.0293. The number of amides is 1. The molecule has 0 aliphatic carbocycles. The second-order valence-corrected chi connectivity index (χ2v) is 8.51. The highest BCUT2D eigenvalue weighted by Crippen LogP contribution is 2.31. The molecular weight excluding hydrogens is 378 g/mol. The van der Waals surface area contributed by atoms with Crippen molar-refractivity contribution >= 4 is 5.91 Å². The highest BCUT2D eigenvalue weighted by Gasteiger charge is 2.35. The molecular formula is C23H33N5O2. The van der Waals surface area contributed by atoms with Gasteiger partial charge in [0.2, 0.25) is 0 Å². The Hall–Kier alpha value is -2.25. The molecule has 0 saturated carbocycles. The van der Waals surface area contributed by atoms with Crippen LogP contribution < -0.4 is 0 Å². The number of ether oxygens (including phenoxy) is 1. The summed E-state index contributed by atoms with van der Waals surface area (Å²) in [5, 5.41) is 7.31. The molecule has 0 bridgehead atoms.